The normalized spacial score (nSPS) is 16.2. The Morgan fingerprint density at radius 3 is 2.64 bits per heavy atom. The maximum atomic E-state index is 13.7. The van der Waals surface area contributed by atoms with E-state index >= 15 is 0 Å². The van der Waals surface area contributed by atoms with Crippen LogP contribution in [0.4, 0.5) is 10.1 Å². The first-order valence-electron chi connectivity index (χ1n) is 9.06. The third-order valence-corrected chi connectivity index (χ3v) is 4.84. The second-order valence-corrected chi connectivity index (χ2v) is 6.65. The standard InChI is InChI=1S/C21H23FN2O4/c1-27-18-8-7-14(11-19(18)28-2)9-10-24-13-15(12-20(24)25)21(26)23-17-6-4-3-5-16(17)22/h3-8,11,15H,9-10,12-13H2,1-2H3,(H,23,26)/t15-/m1/s1. The number of nitrogens with zero attached hydrogens (tertiary/aromatic N) is 1. The van der Waals surface area contributed by atoms with Gasteiger partial charge in [0.05, 0.1) is 25.8 Å². The van der Waals surface area contributed by atoms with Crippen LogP contribution in [0.5, 0.6) is 11.5 Å². The summed E-state index contributed by atoms with van der Waals surface area (Å²) in [5.41, 5.74) is 1.13. The van der Waals surface area contributed by atoms with Crippen molar-refractivity contribution in [3.05, 3.63) is 53.8 Å². The molecule has 0 radical (unpaired) electrons. The van der Waals surface area contributed by atoms with Crippen LogP contribution < -0.4 is 14.8 Å². The quantitative estimate of drug-likeness (QED) is 0.795. The summed E-state index contributed by atoms with van der Waals surface area (Å²) in [5, 5.41) is 2.57. The number of hydrogen-bond acceptors (Lipinski definition) is 4. The first kappa shape index (κ1) is 19.7. The zero-order chi connectivity index (χ0) is 20.1. The number of para-hydroxylation sites is 1. The number of ether oxygens (including phenoxy) is 2. The highest BCUT2D eigenvalue weighted by Gasteiger charge is 2.34. The number of rotatable bonds is 7. The molecule has 0 unspecified atom stereocenters. The van der Waals surface area contributed by atoms with Crippen molar-refractivity contribution in [1.29, 1.82) is 0 Å². The van der Waals surface area contributed by atoms with Gasteiger partial charge in [0.25, 0.3) is 0 Å². The highest BCUT2D eigenvalue weighted by atomic mass is 19.1. The topological polar surface area (TPSA) is 67.9 Å². The molecule has 1 fully saturated rings. The Morgan fingerprint density at radius 1 is 1.18 bits per heavy atom. The Labute approximate surface area is 163 Å². The van der Waals surface area contributed by atoms with E-state index in [0.717, 1.165) is 5.56 Å². The fourth-order valence-corrected chi connectivity index (χ4v) is 3.26. The Morgan fingerprint density at radius 2 is 1.93 bits per heavy atom. The van der Waals surface area contributed by atoms with Gasteiger partial charge < -0.3 is 19.7 Å². The van der Waals surface area contributed by atoms with Crippen LogP contribution in [0.25, 0.3) is 0 Å². The van der Waals surface area contributed by atoms with Crippen molar-refractivity contribution in [3.63, 3.8) is 0 Å². The van der Waals surface area contributed by atoms with E-state index in [9.17, 15) is 14.0 Å². The van der Waals surface area contributed by atoms with E-state index in [0.29, 0.717) is 31.0 Å². The minimum Gasteiger partial charge on any atom is -0.493 e. The molecule has 7 heteroatoms. The highest BCUT2D eigenvalue weighted by Crippen LogP contribution is 2.28. The monoisotopic (exact) mass is 386 g/mol. The van der Waals surface area contributed by atoms with Crippen molar-refractivity contribution in [2.45, 2.75) is 12.8 Å². The van der Waals surface area contributed by atoms with Crippen molar-refractivity contribution in [2.75, 3.05) is 32.6 Å². The fraction of sp³-hybridized carbons (Fsp3) is 0.333. The third-order valence-electron chi connectivity index (χ3n) is 4.84. The summed E-state index contributed by atoms with van der Waals surface area (Å²) in [6, 6.07) is 11.6. The minimum absolute atomic E-state index is 0.0749. The lowest BCUT2D eigenvalue weighted by atomic mass is 10.1. The van der Waals surface area contributed by atoms with Crippen molar-refractivity contribution in [1.82, 2.24) is 4.90 Å². The molecule has 0 saturated carbocycles. The molecule has 1 heterocycles. The summed E-state index contributed by atoms with van der Waals surface area (Å²) in [6.45, 7) is 0.824. The molecular formula is C21H23FN2O4. The number of nitrogens with one attached hydrogen (secondary N) is 1. The van der Waals surface area contributed by atoms with Gasteiger partial charge in [-0.05, 0) is 36.2 Å². The Bertz CT molecular complexity index is 871. The van der Waals surface area contributed by atoms with E-state index in [1.54, 1.807) is 31.3 Å². The van der Waals surface area contributed by atoms with Crippen LogP contribution in [0.3, 0.4) is 0 Å². The Hall–Kier alpha value is -3.09. The van der Waals surface area contributed by atoms with Gasteiger partial charge in [0.1, 0.15) is 5.82 Å². The number of amides is 2. The largest absolute Gasteiger partial charge is 0.493 e. The lowest BCUT2D eigenvalue weighted by molar-refractivity contribution is -0.128. The molecule has 28 heavy (non-hydrogen) atoms. The average molecular weight is 386 g/mol. The second-order valence-electron chi connectivity index (χ2n) is 6.65. The number of hydrogen-bond donors (Lipinski definition) is 1. The summed E-state index contributed by atoms with van der Waals surface area (Å²) >= 11 is 0. The molecule has 1 atom stereocenters. The molecule has 2 amide bonds. The molecule has 3 rings (SSSR count). The van der Waals surface area contributed by atoms with Crippen molar-refractivity contribution in [2.24, 2.45) is 5.92 Å². The number of benzene rings is 2. The van der Waals surface area contributed by atoms with E-state index in [1.165, 1.54) is 12.1 Å². The maximum Gasteiger partial charge on any atom is 0.229 e. The van der Waals surface area contributed by atoms with E-state index < -0.39 is 11.7 Å². The Balaban J connectivity index is 1.57. The van der Waals surface area contributed by atoms with Gasteiger partial charge in [-0.15, -0.1) is 0 Å². The van der Waals surface area contributed by atoms with Crippen LogP contribution in [0.15, 0.2) is 42.5 Å². The van der Waals surface area contributed by atoms with Crippen molar-refractivity contribution in [3.8, 4) is 11.5 Å². The van der Waals surface area contributed by atoms with Crippen LogP contribution in [-0.4, -0.2) is 44.0 Å². The fourth-order valence-electron chi connectivity index (χ4n) is 3.26. The summed E-state index contributed by atoms with van der Waals surface area (Å²) in [7, 11) is 3.15. The molecule has 0 aliphatic carbocycles. The van der Waals surface area contributed by atoms with Gasteiger partial charge in [0, 0.05) is 19.5 Å². The molecule has 0 spiro atoms. The molecule has 1 aliphatic rings. The average Bonchev–Trinajstić information content (AvgIpc) is 3.08. The molecule has 0 aromatic heterocycles. The second kappa shape index (κ2) is 8.73. The van der Waals surface area contributed by atoms with Gasteiger partial charge in [-0.25, -0.2) is 4.39 Å². The van der Waals surface area contributed by atoms with Crippen LogP contribution in [0, 0.1) is 11.7 Å². The molecule has 6 nitrogen and oxygen atoms in total. The van der Waals surface area contributed by atoms with Crippen molar-refractivity contribution >= 4 is 17.5 Å². The highest BCUT2D eigenvalue weighted by molar-refractivity contribution is 5.97. The summed E-state index contributed by atoms with van der Waals surface area (Å²) in [6.07, 6.45) is 0.764. The van der Waals surface area contributed by atoms with Gasteiger partial charge in [0.2, 0.25) is 11.8 Å². The van der Waals surface area contributed by atoms with Gasteiger partial charge in [-0.2, -0.15) is 0 Å². The Kier molecular flexibility index (Phi) is 6.13. The molecule has 2 aromatic carbocycles. The van der Waals surface area contributed by atoms with Crippen LogP contribution >= 0.6 is 0 Å². The first-order chi connectivity index (χ1) is 13.5. The molecule has 0 bridgehead atoms. The minimum atomic E-state index is -0.495. The number of carbonyl (C=O) groups excluding carboxylic acids is 2. The molecule has 1 saturated heterocycles. The van der Waals surface area contributed by atoms with E-state index in [1.807, 2.05) is 18.2 Å². The van der Waals surface area contributed by atoms with E-state index in [-0.39, 0.29) is 23.9 Å². The number of likely N-dealkylation sites (tertiary alicyclic amines) is 1. The van der Waals surface area contributed by atoms with Crippen LogP contribution in [-0.2, 0) is 16.0 Å². The number of anilines is 1. The van der Waals surface area contributed by atoms with Crippen LogP contribution in [0.1, 0.15) is 12.0 Å². The van der Waals surface area contributed by atoms with Gasteiger partial charge in [0.15, 0.2) is 11.5 Å². The predicted octanol–water partition coefficient (Wildman–Crippen LogP) is 2.87. The van der Waals surface area contributed by atoms with Crippen molar-refractivity contribution < 1.29 is 23.5 Å². The summed E-state index contributed by atoms with van der Waals surface area (Å²) in [5.74, 6) is -0.118. The zero-order valence-corrected chi connectivity index (χ0v) is 15.9. The molecule has 1 N–H and O–H groups in total. The van der Waals surface area contributed by atoms with E-state index in [4.69, 9.17) is 9.47 Å². The molecule has 1 aliphatic heterocycles. The molecule has 2 aromatic rings. The summed E-state index contributed by atoms with van der Waals surface area (Å²) < 4.78 is 24.2. The van der Waals surface area contributed by atoms with Gasteiger partial charge in [-0.1, -0.05) is 18.2 Å². The molecule has 148 valence electrons. The molecular weight excluding hydrogens is 363 g/mol. The first-order valence-corrected chi connectivity index (χ1v) is 9.06. The van der Waals surface area contributed by atoms with E-state index in [2.05, 4.69) is 5.32 Å². The lowest BCUT2D eigenvalue weighted by Gasteiger charge is -2.17. The maximum absolute atomic E-state index is 13.7. The summed E-state index contributed by atoms with van der Waals surface area (Å²) in [4.78, 5) is 26.3. The zero-order valence-electron chi connectivity index (χ0n) is 15.9. The lowest BCUT2D eigenvalue weighted by Crippen LogP contribution is -2.30. The number of halogens is 1. The number of methoxy groups -OCH3 is 2. The van der Waals surface area contributed by atoms with Gasteiger partial charge >= 0.3 is 0 Å². The van der Waals surface area contributed by atoms with Crippen LogP contribution in [0.2, 0.25) is 0 Å². The smallest absolute Gasteiger partial charge is 0.229 e. The third kappa shape index (κ3) is 4.42. The SMILES string of the molecule is COc1ccc(CCN2C[C@H](C(=O)Nc3ccccc3F)CC2=O)cc1OC. The van der Waals surface area contributed by atoms with Gasteiger partial charge in [-0.3, -0.25) is 9.59 Å². The predicted molar refractivity (Wildman–Crippen MR) is 103 cm³/mol. The number of carbonyl (C=O) groups is 2.